The number of hydrogen-bond donors (Lipinski definition) is 1. The van der Waals surface area contributed by atoms with Gasteiger partial charge in [-0.05, 0) is 36.4 Å². The summed E-state index contributed by atoms with van der Waals surface area (Å²) in [6.45, 7) is 0. The summed E-state index contributed by atoms with van der Waals surface area (Å²) >= 11 is 17.9. The highest BCUT2D eigenvalue weighted by molar-refractivity contribution is 6.41. The third-order valence-electron chi connectivity index (χ3n) is 3.14. The van der Waals surface area contributed by atoms with E-state index in [0.29, 0.717) is 37.8 Å². The van der Waals surface area contributed by atoms with Gasteiger partial charge in [-0.2, -0.15) is 5.10 Å². The Morgan fingerprint density at radius 1 is 1.00 bits per heavy atom. The molecular formula is C17H10Cl3FN2O. The molecule has 0 radical (unpaired) electrons. The number of rotatable bonds is 4. The number of nitrogens with one attached hydrogen (secondary N) is 1. The van der Waals surface area contributed by atoms with Crippen LogP contribution in [0.4, 0.5) is 10.1 Å². The highest BCUT2D eigenvalue weighted by Gasteiger charge is 2.09. The van der Waals surface area contributed by atoms with Gasteiger partial charge in [0.2, 0.25) is 0 Å². The van der Waals surface area contributed by atoms with E-state index in [0.717, 1.165) is 0 Å². The fourth-order valence-corrected chi connectivity index (χ4v) is 2.94. The van der Waals surface area contributed by atoms with E-state index in [9.17, 15) is 4.39 Å². The molecule has 24 heavy (non-hydrogen) atoms. The lowest BCUT2D eigenvalue weighted by Crippen LogP contribution is -1.92. The van der Waals surface area contributed by atoms with Crippen LogP contribution < -0.4 is 5.43 Å². The third-order valence-corrected chi connectivity index (χ3v) is 3.96. The summed E-state index contributed by atoms with van der Waals surface area (Å²) in [7, 11) is 0. The second kappa shape index (κ2) is 7.26. The molecule has 0 amide bonds. The van der Waals surface area contributed by atoms with Gasteiger partial charge in [0.15, 0.2) is 0 Å². The quantitative estimate of drug-likeness (QED) is 0.413. The monoisotopic (exact) mass is 382 g/mol. The van der Waals surface area contributed by atoms with Crippen LogP contribution in [0.25, 0.3) is 11.3 Å². The number of hydrogen-bond acceptors (Lipinski definition) is 3. The van der Waals surface area contributed by atoms with Gasteiger partial charge in [0, 0.05) is 5.02 Å². The number of furan rings is 1. The molecule has 122 valence electrons. The molecule has 7 heteroatoms. The molecule has 0 spiro atoms. The molecule has 0 aliphatic carbocycles. The Balaban J connectivity index is 1.76. The smallest absolute Gasteiger partial charge is 0.147 e. The van der Waals surface area contributed by atoms with Crippen molar-refractivity contribution in [1.82, 2.24) is 0 Å². The van der Waals surface area contributed by atoms with Crippen LogP contribution in [-0.2, 0) is 0 Å². The standard InChI is InChI=1S/C17H10Cl3FN2O/c18-10-7-13(19)17(14(20)8-10)23-22-9-11-5-6-16(24-11)12-3-1-2-4-15(12)21/h1-9,23H. The Labute approximate surface area is 152 Å². The van der Waals surface area contributed by atoms with Crippen molar-refractivity contribution >= 4 is 46.7 Å². The molecule has 3 nitrogen and oxygen atoms in total. The maximum Gasteiger partial charge on any atom is 0.147 e. The first kappa shape index (κ1) is 16.8. The molecule has 0 saturated carbocycles. The Kier molecular flexibility index (Phi) is 5.09. The molecule has 1 heterocycles. The lowest BCUT2D eigenvalue weighted by molar-refractivity contribution is 0.563. The molecule has 1 aromatic heterocycles. The highest BCUT2D eigenvalue weighted by atomic mass is 35.5. The summed E-state index contributed by atoms with van der Waals surface area (Å²) in [5, 5.41) is 5.14. The average molecular weight is 384 g/mol. The van der Waals surface area contributed by atoms with E-state index in [-0.39, 0.29) is 5.82 Å². The van der Waals surface area contributed by atoms with E-state index in [1.807, 2.05) is 0 Å². The SMILES string of the molecule is Fc1ccccc1-c1ccc(C=NNc2c(Cl)cc(Cl)cc2Cl)o1. The van der Waals surface area contributed by atoms with Gasteiger partial charge in [0.25, 0.3) is 0 Å². The highest BCUT2D eigenvalue weighted by Crippen LogP contribution is 2.33. The van der Waals surface area contributed by atoms with Gasteiger partial charge in [-0.1, -0.05) is 46.9 Å². The molecule has 0 bridgehead atoms. The van der Waals surface area contributed by atoms with Crippen molar-refractivity contribution < 1.29 is 8.81 Å². The summed E-state index contributed by atoms with van der Waals surface area (Å²) < 4.78 is 19.3. The van der Waals surface area contributed by atoms with Gasteiger partial charge < -0.3 is 4.42 Å². The van der Waals surface area contributed by atoms with Crippen LogP contribution in [0, 0.1) is 5.82 Å². The molecule has 3 aromatic rings. The van der Waals surface area contributed by atoms with Gasteiger partial charge in [0.1, 0.15) is 17.3 Å². The Morgan fingerprint density at radius 3 is 2.42 bits per heavy atom. The maximum absolute atomic E-state index is 13.7. The topological polar surface area (TPSA) is 37.5 Å². The molecule has 0 fully saturated rings. The van der Waals surface area contributed by atoms with E-state index in [1.54, 1.807) is 42.5 Å². The van der Waals surface area contributed by atoms with Crippen molar-refractivity contribution in [2.45, 2.75) is 0 Å². The summed E-state index contributed by atoms with van der Waals surface area (Å²) in [6, 6.07) is 12.8. The summed E-state index contributed by atoms with van der Waals surface area (Å²) in [6.07, 6.45) is 1.44. The maximum atomic E-state index is 13.7. The van der Waals surface area contributed by atoms with E-state index in [1.165, 1.54) is 12.3 Å². The largest absolute Gasteiger partial charge is 0.455 e. The van der Waals surface area contributed by atoms with Crippen LogP contribution in [0.3, 0.4) is 0 Å². The van der Waals surface area contributed by atoms with Crippen molar-refractivity contribution in [3.05, 3.63) is 75.2 Å². The summed E-state index contributed by atoms with van der Waals surface area (Å²) in [5.74, 6) is 0.507. The number of nitrogens with zero attached hydrogens (tertiary/aromatic N) is 1. The van der Waals surface area contributed by atoms with Crippen LogP contribution in [0.15, 0.2) is 58.0 Å². The number of halogens is 4. The van der Waals surface area contributed by atoms with Crippen molar-refractivity contribution in [2.75, 3.05) is 5.43 Å². The van der Waals surface area contributed by atoms with Crippen LogP contribution in [0.1, 0.15) is 5.76 Å². The predicted molar refractivity (Wildman–Crippen MR) is 96.8 cm³/mol. The molecule has 0 atom stereocenters. The summed E-state index contributed by atoms with van der Waals surface area (Å²) in [4.78, 5) is 0. The van der Waals surface area contributed by atoms with Gasteiger partial charge in [-0.25, -0.2) is 4.39 Å². The zero-order valence-corrected chi connectivity index (χ0v) is 14.3. The predicted octanol–water partition coefficient (Wildman–Crippen LogP) is 6.49. The Morgan fingerprint density at radius 2 is 1.71 bits per heavy atom. The van der Waals surface area contributed by atoms with E-state index in [2.05, 4.69) is 10.5 Å². The summed E-state index contributed by atoms with van der Waals surface area (Å²) in [5.41, 5.74) is 3.54. The zero-order chi connectivity index (χ0) is 17.1. The minimum absolute atomic E-state index is 0.344. The average Bonchev–Trinajstić information content (AvgIpc) is 2.99. The first-order valence-electron chi connectivity index (χ1n) is 6.83. The van der Waals surface area contributed by atoms with Gasteiger partial charge in [-0.15, -0.1) is 0 Å². The Hall–Kier alpha value is -2.01. The molecule has 3 rings (SSSR count). The normalized spacial score (nSPS) is 11.2. The van der Waals surface area contributed by atoms with Crippen LogP contribution in [0.5, 0.6) is 0 Å². The first-order valence-corrected chi connectivity index (χ1v) is 7.96. The molecule has 0 unspecified atom stereocenters. The van der Waals surface area contributed by atoms with Gasteiger partial charge in [-0.3, -0.25) is 5.43 Å². The lowest BCUT2D eigenvalue weighted by Gasteiger charge is -2.06. The molecule has 1 N–H and O–H groups in total. The van der Waals surface area contributed by atoms with Crippen LogP contribution in [-0.4, -0.2) is 6.21 Å². The molecule has 0 aliphatic heterocycles. The number of anilines is 1. The van der Waals surface area contributed by atoms with Crippen LogP contribution in [0.2, 0.25) is 15.1 Å². The van der Waals surface area contributed by atoms with E-state index in [4.69, 9.17) is 39.2 Å². The molecule has 0 aliphatic rings. The van der Waals surface area contributed by atoms with Crippen molar-refractivity contribution in [1.29, 1.82) is 0 Å². The number of benzene rings is 2. The minimum Gasteiger partial charge on any atom is -0.455 e. The van der Waals surface area contributed by atoms with Crippen LogP contribution >= 0.6 is 34.8 Å². The second-order valence-corrected chi connectivity index (χ2v) is 6.05. The molecule has 2 aromatic carbocycles. The minimum atomic E-state index is -0.354. The van der Waals surface area contributed by atoms with E-state index < -0.39 is 0 Å². The van der Waals surface area contributed by atoms with Crippen molar-refractivity contribution in [3.63, 3.8) is 0 Å². The van der Waals surface area contributed by atoms with E-state index >= 15 is 0 Å². The number of hydrazone groups is 1. The van der Waals surface area contributed by atoms with Gasteiger partial charge in [0.05, 0.1) is 27.5 Å². The van der Waals surface area contributed by atoms with Crippen molar-refractivity contribution in [2.24, 2.45) is 5.10 Å². The first-order chi connectivity index (χ1) is 11.5. The molecular weight excluding hydrogens is 374 g/mol. The second-order valence-electron chi connectivity index (χ2n) is 4.80. The third kappa shape index (κ3) is 3.73. The fraction of sp³-hybridized carbons (Fsp3) is 0. The van der Waals surface area contributed by atoms with Crippen molar-refractivity contribution in [3.8, 4) is 11.3 Å². The zero-order valence-electron chi connectivity index (χ0n) is 12.1. The lowest BCUT2D eigenvalue weighted by atomic mass is 10.1. The van der Waals surface area contributed by atoms with Gasteiger partial charge >= 0.3 is 0 Å². The fourth-order valence-electron chi connectivity index (χ4n) is 2.04. The Bertz CT molecular complexity index is 885. The molecule has 0 saturated heterocycles.